The molecular weight excluding hydrogens is 347 g/mol. The maximum Gasteiger partial charge on any atom is 0.255 e. The summed E-state index contributed by atoms with van der Waals surface area (Å²) in [6.07, 6.45) is 0. The summed E-state index contributed by atoms with van der Waals surface area (Å²) in [7, 11) is 0. The third-order valence-corrected chi connectivity index (χ3v) is 3.64. The SMILES string of the molecule is CC(C)(C)NC(=O)c1ccc(C(=O)Nc2cc(Cl)ccc2Cl)cc1. The molecule has 0 aliphatic rings. The molecule has 0 aliphatic carbocycles. The zero-order chi connectivity index (χ0) is 17.9. The van der Waals surface area contributed by atoms with Crippen LogP contribution in [0.15, 0.2) is 42.5 Å². The van der Waals surface area contributed by atoms with Crippen molar-refractivity contribution in [1.29, 1.82) is 0 Å². The van der Waals surface area contributed by atoms with Crippen molar-refractivity contribution >= 4 is 40.7 Å². The van der Waals surface area contributed by atoms with Crippen LogP contribution in [-0.4, -0.2) is 17.4 Å². The molecule has 4 nitrogen and oxygen atoms in total. The van der Waals surface area contributed by atoms with Crippen LogP contribution in [-0.2, 0) is 0 Å². The van der Waals surface area contributed by atoms with E-state index in [1.807, 2.05) is 20.8 Å². The van der Waals surface area contributed by atoms with Crippen molar-refractivity contribution in [3.05, 3.63) is 63.6 Å². The lowest BCUT2D eigenvalue weighted by molar-refractivity contribution is 0.0918. The topological polar surface area (TPSA) is 58.2 Å². The Bertz CT molecular complexity index is 766. The van der Waals surface area contributed by atoms with Crippen LogP contribution < -0.4 is 10.6 Å². The van der Waals surface area contributed by atoms with Crippen LogP contribution in [0.1, 0.15) is 41.5 Å². The summed E-state index contributed by atoms with van der Waals surface area (Å²) in [4.78, 5) is 24.3. The molecule has 126 valence electrons. The minimum absolute atomic E-state index is 0.188. The summed E-state index contributed by atoms with van der Waals surface area (Å²) in [5.41, 5.74) is 1.01. The first-order chi connectivity index (χ1) is 11.2. The maximum atomic E-state index is 12.3. The van der Waals surface area contributed by atoms with E-state index in [1.54, 1.807) is 42.5 Å². The predicted octanol–water partition coefficient (Wildman–Crippen LogP) is 4.77. The van der Waals surface area contributed by atoms with Gasteiger partial charge in [0.05, 0.1) is 10.7 Å². The van der Waals surface area contributed by atoms with Crippen LogP contribution in [0.2, 0.25) is 10.0 Å². The molecule has 0 radical (unpaired) electrons. The number of rotatable bonds is 3. The van der Waals surface area contributed by atoms with Gasteiger partial charge in [-0.15, -0.1) is 0 Å². The molecular formula is C18H18Cl2N2O2. The number of benzene rings is 2. The fourth-order valence-electron chi connectivity index (χ4n) is 1.97. The van der Waals surface area contributed by atoms with Crippen LogP contribution in [0.3, 0.4) is 0 Å². The average Bonchev–Trinajstić information content (AvgIpc) is 2.49. The van der Waals surface area contributed by atoms with Crippen molar-refractivity contribution < 1.29 is 9.59 Å². The first-order valence-corrected chi connectivity index (χ1v) is 8.10. The first-order valence-electron chi connectivity index (χ1n) is 7.35. The predicted molar refractivity (Wildman–Crippen MR) is 98.1 cm³/mol. The standard InChI is InChI=1S/C18H18Cl2N2O2/c1-18(2,3)22-17(24)12-6-4-11(5-7-12)16(23)21-15-10-13(19)8-9-14(15)20/h4-10H,1-3H3,(H,21,23)(H,22,24). The largest absolute Gasteiger partial charge is 0.347 e. The average molecular weight is 365 g/mol. The van der Waals surface area contributed by atoms with Crippen LogP contribution in [0.5, 0.6) is 0 Å². The number of hydrogen-bond acceptors (Lipinski definition) is 2. The molecule has 0 bridgehead atoms. The lowest BCUT2D eigenvalue weighted by atomic mass is 10.1. The van der Waals surface area contributed by atoms with Gasteiger partial charge in [-0.2, -0.15) is 0 Å². The smallest absolute Gasteiger partial charge is 0.255 e. The van der Waals surface area contributed by atoms with E-state index in [1.165, 1.54) is 0 Å². The number of halogens is 2. The van der Waals surface area contributed by atoms with Gasteiger partial charge in [0, 0.05) is 21.7 Å². The highest BCUT2D eigenvalue weighted by molar-refractivity contribution is 6.35. The molecule has 2 aromatic rings. The van der Waals surface area contributed by atoms with Crippen LogP contribution in [0.4, 0.5) is 5.69 Å². The lowest BCUT2D eigenvalue weighted by Gasteiger charge is -2.20. The van der Waals surface area contributed by atoms with Crippen molar-refractivity contribution in [3.63, 3.8) is 0 Å². The Labute approximate surface area is 151 Å². The van der Waals surface area contributed by atoms with Gasteiger partial charge in [-0.1, -0.05) is 23.2 Å². The highest BCUT2D eigenvalue weighted by atomic mass is 35.5. The van der Waals surface area contributed by atoms with Crippen molar-refractivity contribution in [1.82, 2.24) is 5.32 Å². The van der Waals surface area contributed by atoms with Gasteiger partial charge in [0.2, 0.25) is 0 Å². The highest BCUT2D eigenvalue weighted by Gasteiger charge is 2.16. The van der Waals surface area contributed by atoms with E-state index in [0.717, 1.165) is 0 Å². The number of carbonyl (C=O) groups is 2. The summed E-state index contributed by atoms with van der Waals surface area (Å²) < 4.78 is 0. The summed E-state index contributed by atoms with van der Waals surface area (Å²) in [6.45, 7) is 5.71. The molecule has 0 fully saturated rings. The molecule has 6 heteroatoms. The molecule has 2 amide bonds. The molecule has 24 heavy (non-hydrogen) atoms. The second-order valence-corrected chi connectivity index (χ2v) is 7.20. The quantitative estimate of drug-likeness (QED) is 0.823. The van der Waals surface area contributed by atoms with Gasteiger partial charge < -0.3 is 10.6 Å². The van der Waals surface area contributed by atoms with Crippen molar-refractivity contribution in [2.24, 2.45) is 0 Å². The molecule has 0 heterocycles. The van der Waals surface area contributed by atoms with E-state index < -0.39 is 0 Å². The number of carbonyl (C=O) groups excluding carboxylic acids is 2. The Balaban J connectivity index is 2.11. The Kier molecular flexibility index (Phi) is 5.52. The zero-order valence-corrected chi connectivity index (χ0v) is 15.1. The molecule has 2 rings (SSSR count). The summed E-state index contributed by atoms with van der Waals surface area (Å²) in [5, 5.41) is 6.44. The molecule has 2 aromatic carbocycles. The Morgan fingerprint density at radius 1 is 0.875 bits per heavy atom. The molecule has 2 N–H and O–H groups in total. The Hall–Kier alpha value is -2.04. The first kappa shape index (κ1) is 18.3. The van der Waals surface area contributed by atoms with Gasteiger partial charge >= 0.3 is 0 Å². The van der Waals surface area contributed by atoms with Crippen molar-refractivity contribution in [2.75, 3.05) is 5.32 Å². The monoisotopic (exact) mass is 364 g/mol. The second-order valence-electron chi connectivity index (χ2n) is 6.36. The molecule has 0 atom stereocenters. The summed E-state index contributed by atoms with van der Waals surface area (Å²) >= 11 is 11.9. The number of anilines is 1. The zero-order valence-electron chi connectivity index (χ0n) is 13.6. The van der Waals surface area contributed by atoms with Crippen LogP contribution in [0.25, 0.3) is 0 Å². The fraction of sp³-hybridized carbons (Fsp3) is 0.222. The van der Waals surface area contributed by atoms with Gasteiger partial charge in [-0.25, -0.2) is 0 Å². The van der Waals surface area contributed by atoms with E-state index in [-0.39, 0.29) is 17.4 Å². The molecule has 0 saturated carbocycles. The van der Waals surface area contributed by atoms with Crippen LogP contribution in [0, 0.1) is 0 Å². The van der Waals surface area contributed by atoms with Gasteiger partial charge in [-0.05, 0) is 63.2 Å². The van der Waals surface area contributed by atoms with Gasteiger partial charge in [0.25, 0.3) is 11.8 Å². The number of hydrogen-bond donors (Lipinski definition) is 2. The minimum Gasteiger partial charge on any atom is -0.347 e. The third kappa shape index (κ3) is 4.98. The molecule has 0 aliphatic heterocycles. The fourth-order valence-corrected chi connectivity index (χ4v) is 2.31. The Morgan fingerprint density at radius 3 is 1.96 bits per heavy atom. The number of amides is 2. The molecule has 0 spiro atoms. The minimum atomic E-state index is -0.332. The normalized spacial score (nSPS) is 11.0. The van der Waals surface area contributed by atoms with E-state index in [4.69, 9.17) is 23.2 Å². The lowest BCUT2D eigenvalue weighted by Crippen LogP contribution is -2.40. The van der Waals surface area contributed by atoms with Gasteiger partial charge in [-0.3, -0.25) is 9.59 Å². The van der Waals surface area contributed by atoms with E-state index in [2.05, 4.69) is 10.6 Å². The van der Waals surface area contributed by atoms with Gasteiger partial charge in [0.15, 0.2) is 0 Å². The van der Waals surface area contributed by atoms with E-state index >= 15 is 0 Å². The number of nitrogens with one attached hydrogen (secondary N) is 2. The van der Waals surface area contributed by atoms with E-state index in [0.29, 0.717) is 26.9 Å². The van der Waals surface area contributed by atoms with Crippen LogP contribution >= 0.6 is 23.2 Å². The second kappa shape index (κ2) is 7.24. The molecule has 0 saturated heterocycles. The Morgan fingerprint density at radius 2 is 1.42 bits per heavy atom. The third-order valence-electron chi connectivity index (χ3n) is 3.07. The molecule has 0 unspecified atom stereocenters. The van der Waals surface area contributed by atoms with Crippen molar-refractivity contribution in [2.45, 2.75) is 26.3 Å². The summed E-state index contributed by atoms with van der Waals surface area (Å²) in [5.74, 6) is -0.519. The van der Waals surface area contributed by atoms with Crippen molar-refractivity contribution in [3.8, 4) is 0 Å². The van der Waals surface area contributed by atoms with E-state index in [9.17, 15) is 9.59 Å². The summed E-state index contributed by atoms with van der Waals surface area (Å²) in [6, 6.07) is 11.2. The maximum absolute atomic E-state index is 12.3. The molecule has 0 aromatic heterocycles. The van der Waals surface area contributed by atoms with Gasteiger partial charge in [0.1, 0.15) is 0 Å². The highest BCUT2D eigenvalue weighted by Crippen LogP contribution is 2.25.